The molecular weight excluding hydrogens is 306 g/mol. The number of hydrogen-bond donors (Lipinski definition) is 1. The Balaban J connectivity index is 1.62. The molecule has 0 bridgehead atoms. The molecule has 0 aliphatic carbocycles. The van der Waals surface area contributed by atoms with Crippen LogP contribution in [0.1, 0.15) is 28.7 Å². The van der Waals surface area contributed by atoms with E-state index in [9.17, 15) is 4.79 Å². The molecule has 6 heteroatoms. The summed E-state index contributed by atoms with van der Waals surface area (Å²) in [5.41, 5.74) is 1.55. The van der Waals surface area contributed by atoms with Gasteiger partial charge in [0.2, 0.25) is 5.89 Å². The van der Waals surface area contributed by atoms with Crippen LogP contribution in [-0.4, -0.2) is 22.7 Å². The number of carbonyl (C=O) groups excluding carboxylic acids is 1. The van der Waals surface area contributed by atoms with Gasteiger partial charge < -0.3 is 9.15 Å². The Morgan fingerprint density at radius 1 is 1.08 bits per heavy atom. The van der Waals surface area contributed by atoms with Gasteiger partial charge in [-0.15, -0.1) is 5.10 Å². The van der Waals surface area contributed by atoms with E-state index in [0.717, 1.165) is 11.3 Å². The summed E-state index contributed by atoms with van der Waals surface area (Å²) in [6.07, 6.45) is 0.521. The van der Waals surface area contributed by atoms with Gasteiger partial charge in [-0.3, -0.25) is 10.1 Å². The third-order valence-electron chi connectivity index (χ3n) is 3.31. The highest BCUT2D eigenvalue weighted by Gasteiger charge is 2.12. The molecule has 0 unspecified atom stereocenters. The minimum absolute atomic E-state index is 0.0832. The number of rotatable bonds is 6. The van der Waals surface area contributed by atoms with Gasteiger partial charge in [0.05, 0.1) is 13.0 Å². The van der Waals surface area contributed by atoms with E-state index in [4.69, 9.17) is 9.15 Å². The van der Waals surface area contributed by atoms with E-state index in [2.05, 4.69) is 15.5 Å². The molecule has 24 heavy (non-hydrogen) atoms. The van der Waals surface area contributed by atoms with E-state index in [1.165, 1.54) is 0 Å². The van der Waals surface area contributed by atoms with Gasteiger partial charge in [-0.1, -0.05) is 35.4 Å². The summed E-state index contributed by atoms with van der Waals surface area (Å²) in [7, 11) is 0. The van der Waals surface area contributed by atoms with Crippen molar-refractivity contribution in [3.63, 3.8) is 0 Å². The first kappa shape index (κ1) is 15.7. The molecule has 1 aromatic heterocycles. The van der Waals surface area contributed by atoms with Crippen molar-refractivity contribution in [1.29, 1.82) is 0 Å². The summed E-state index contributed by atoms with van der Waals surface area (Å²) >= 11 is 0. The number of hydrogen-bond acceptors (Lipinski definition) is 5. The van der Waals surface area contributed by atoms with E-state index in [-0.39, 0.29) is 11.9 Å². The van der Waals surface area contributed by atoms with Crippen molar-refractivity contribution in [2.45, 2.75) is 13.3 Å². The predicted molar refractivity (Wildman–Crippen MR) is 89.1 cm³/mol. The van der Waals surface area contributed by atoms with Crippen LogP contribution in [0.5, 0.6) is 5.75 Å². The summed E-state index contributed by atoms with van der Waals surface area (Å²) in [6, 6.07) is 16.7. The van der Waals surface area contributed by atoms with Crippen molar-refractivity contribution in [3.8, 4) is 5.75 Å². The van der Waals surface area contributed by atoms with Crippen molar-refractivity contribution >= 4 is 11.9 Å². The molecule has 0 fully saturated rings. The van der Waals surface area contributed by atoms with E-state index >= 15 is 0 Å². The first-order chi connectivity index (χ1) is 11.7. The van der Waals surface area contributed by atoms with Crippen molar-refractivity contribution in [3.05, 3.63) is 71.6 Å². The first-order valence-corrected chi connectivity index (χ1v) is 7.65. The van der Waals surface area contributed by atoms with Crippen LogP contribution < -0.4 is 10.1 Å². The highest BCUT2D eigenvalue weighted by Crippen LogP contribution is 2.15. The molecular formula is C18H17N3O3. The van der Waals surface area contributed by atoms with Crippen LogP contribution >= 0.6 is 0 Å². The largest absolute Gasteiger partial charge is 0.494 e. The molecule has 0 atom stereocenters. The maximum atomic E-state index is 12.2. The zero-order valence-electron chi connectivity index (χ0n) is 13.2. The van der Waals surface area contributed by atoms with Crippen LogP contribution in [0.4, 0.5) is 6.01 Å². The molecule has 122 valence electrons. The predicted octanol–water partition coefficient (Wildman–Crippen LogP) is 3.31. The molecule has 1 amide bonds. The number of nitrogens with one attached hydrogen (secondary N) is 1. The molecule has 1 N–H and O–H groups in total. The minimum Gasteiger partial charge on any atom is -0.494 e. The third-order valence-corrected chi connectivity index (χ3v) is 3.31. The number of carbonyl (C=O) groups is 1. The van der Waals surface area contributed by atoms with Gasteiger partial charge in [0.25, 0.3) is 5.91 Å². The van der Waals surface area contributed by atoms with Crippen LogP contribution in [0, 0.1) is 0 Å². The number of aromatic nitrogens is 2. The molecule has 0 spiro atoms. The van der Waals surface area contributed by atoms with Crippen LogP contribution in [0.3, 0.4) is 0 Å². The smallest absolute Gasteiger partial charge is 0.322 e. The third kappa shape index (κ3) is 3.98. The maximum absolute atomic E-state index is 12.2. The zero-order valence-corrected chi connectivity index (χ0v) is 13.2. The van der Waals surface area contributed by atoms with E-state index in [0.29, 0.717) is 24.5 Å². The first-order valence-electron chi connectivity index (χ1n) is 7.65. The lowest BCUT2D eigenvalue weighted by Crippen LogP contribution is -2.12. The molecule has 1 heterocycles. The lowest BCUT2D eigenvalue weighted by Gasteiger charge is -2.04. The normalized spacial score (nSPS) is 10.4. The number of amides is 1. The van der Waals surface area contributed by atoms with Crippen LogP contribution in [0.15, 0.2) is 59.0 Å². The van der Waals surface area contributed by atoms with Gasteiger partial charge in [-0.25, -0.2) is 0 Å². The molecule has 0 saturated carbocycles. The summed E-state index contributed by atoms with van der Waals surface area (Å²) in [5.74, 6) is 0.855. The fourth-order valence-corrected chi connectivity index (χ4v) is 2.18. The molecule has 2 aromatic carbocycles. The van der Waals surface area contributed by atoms with Gasteiger partial charge in [0.1, 0.15) is 5.75 Å². The van der Waals surface area contributed by atoms with Crippen molar-refractivity contribution in [2.24, 2.45) is 0 Å². The molecule has 0 aliphatic rings. The molecule has 0 radical (unpaired) electrons. The Bertz CT molecular complexity index is 798. The Labute approximate surface area is 139 Å². The zero-order chi connectivity index (χ0) is 16.8. The Hall–Kier alpha value is -3.15. The quantitative estimate of drug-likeness (QED) is 0.753. The summed E-state index contributed by atoms with van der Waals surface area (Å²) in [5, 5.41) is 10.4. The number of benzene rings is 2. The number of ether oxygens (including phenoxy) is 1. The molecule has 3 rings (SSSR count). The van der Waals surface area contributed by atoms with Crippen LogP contribution in [0.2, 0.25) is 0 Å². The average molecular weight is 323 g/mol. The summed E-state index contributed by atoms with van der Waals surface area (Å²) in [4.78, 5) is 12.2. The Kier molecular flexibility index (Phi) is 4.86. The monoisotopic (exact) mass is 323 g/mol. The average Bonchev–Trinajstić information content (AvgIpc) is 3.03. The number of nitrogens with zero attached hydrogens (tertiary/aromatic N) is 2. The second kappa shape index (κ2) is 7.41. The number of anilines is 1. The second-order valence-corrected chi connectivity index (χ2v) is 5.07. The molecule has 6 nitrogen and oxygen atoms in total. The lowest BCUT2D eigenvalue weighted by molar-refractivity contribution is 0.102. The van der Waals surface area contributed by atoms with Gasteiger partial charge in [-0.2, -0.15) is 0 Å². The van der Waals surface area contributed by atoms with Crippen LogP contribution in [-0.2, 0) is 6.42 Å². The summed E-state index contributed by atoms with van der Waals surface area (Å²) < 4.78 is 10.8. The van der Waals surface area contributed by atoms with E-state index in [1.54, 1.807) is 24.3 Å². The van der Waals surface area contributed by atoms with Crippen molar-refractivity contribution < 1.29 is 13.9 Å². The van der Waals surface area contributed by atoms with Crippen LogP contribution in [0.25, 0.3) is 0 Å². The second-order valence-electron chi connectivity index (χ2n) is 5.07. The SMILES string of the molecule is CCOc1ccc(C(=O)Nc2nnc(Cc3ccccc3)o2)cc1. The molecule has 0 aliphatic heterocycles. The van der Waals surface area contributed by atoms with Crippen molar-refractivity contribution in [1.82, 2.24) is 10.2 Å². The van der Waals surface area contributed by atoms with Gasteiger partial charge >= 0.3 is 6.01 Å². The fourth-order valence-electron chi connectivity index (χ4n) is 2.18. The maximum Gasteiger partial charge on any atom is 0.322 e. The standard InChI is InChI=1S/C18H17N3O3/c1-2-23-15-10-8-14(9-11-15)17(22)19-18-21-20-16(24-18)12-13-6-4-3-5-7-13/h3-11H,2,12H2,1H3,(H,19,21,22). The molecule has 3 aromatic rings. The minimum atomic E-state index is -0.312. The Morgan fingerprint density at radius 3 is 2.54 bits per heavy atom. The van der Waals surface area contributed by atoms with Gasteiger partial charge in [0, 0.05) is 5.56 Å². The highest BCUT2D eigenvalue weighted by atomic mass is 16.5. The molecule has 0 saturated heterocycles. The highest BCUT2D eigenvalue weighted by molar-refractivity contribution is 6.03. The van der Waals surface area contributed by atoms with E-state index in [1.807, 2.05) is 37.3 Å². The van der Waals surface area contributed by atoms with Gasteiger partial charge in [0.15, 0.2) is 0 Å². The van der Waals surface area contributed by atoms with E-state index < -0.39 is 0 Å². The summed E-state index contributed by atoms with van der Waals surface area (Å²) in [6.45, 7) is 2.49. The fraction of sp³-hybridized carbons (Fsp3) is 0.167. The topological polar surface area (TPSA) is 77.2 Å². The van der Waals surface area contributed by atoms with Gasteiger partial charge in [-0.05, 0) is 36.8 Å². The lowest BCUT2D eigenvalue weighted by atomic mass is 10.2. The Morgan fingerprint density at radius 2 is 1.83 bits per heavy atom. The van der Waals surface area contributed by atoms with Crippen molar-refractivity contribution in [2.75, 3.05) is 11.9 Å².